The monoisotopic (exact) mass is 253 g/mol. The van der Waals surface area contributed by atoms with E-state index in [0.29, 0.717) is 12.0 Å². The molecule has 0 radical (unpaired) electrons. The molecule has 0 aliphatic rings. The summed E-state index contributed by atoms with van der Waals surface area (Å²) in [5, 5.41) is 3.43. The van der Waals surface area contributed by atoms with E-state index in [1.807, 2.05) is 12.1 Å². The van der Waals surface area contributed by atoms with Crippen LogP contribution in [0.25, 0.3) is 0 Å². The number of methoxy groups -OCH3 is 1. The fraction of sp³-hybridized carbons (Fsp3) is 0.600. The number of halogens is 1. The molecule has 0 bridgehead atoms. The maximum atomic E-state index is 13.6. The minimum atomic E-state index is -0.111. The van der Waals surface area contributed by atoms with Gasteiger partial charge in [0.1, 0.15) is 5.82 Å². The highest BCUT2D eigenvalue weighted by molar-refractivity contribution is 5.18. The Morgan fingerprint density at radius 2 is 2.06 bits per heavy atom. The maximum absolute atomic E-state index is 13.6. The minimum Gasteiger partial charge on any atom is -0.384 e. The molecule has 0 aliphatic carbocycles. The predicted octanol–water partition coefficient (Wildman–Crippen LogP) is 3.02. The van der Waals surface area contributed by atoms with Gasteiger partial charge in [0.2, 0.25) is 0 Å². The van der Waals surface area contributed by atoms with Crippen LogP contribution in [0.4, 0.5) is 4.39 Å². The van der Waals surface area contributed by atoms with Gasteiger partial charge in [0.15, 0.2) is 0 Å². The molecule has 1 N–H and O–H groups in total. The van der Waals surface area contributed by atoms with Crippen LogP contribution in [0, 0.1) is 11.7 Å². The molecule has 2 unspecified atom stereocenters. The molecule has 1 aromatic carbocycles. The average molecular weight is 253 g/mol. The van der Waals surface area contributed by atoms with Crippen LogP contribution in [-0.2, 0) is 11.2 Å². The normalized spacial score (nSPS) is 14.4. The van der Waals surface area contributed by atoms with E-state index in [0.717, 1.165) is 31.6 Å². The van der Waals surface area contributed by atoms with E-state index in [2.05, 4.69) is 19.2 Å². The van der Waals surface area contributed by atoms with E-state index in [4.69, 9.17) is 4.74 Å². The van der Waals surface area contributed by atoms with Gasteiger partial charge in [0.05, 0.1) is 0 Å². The Hall–Kier alpha value is -0.930. The predicted molar refractivity (Wildman–Crippen MR) is 73.2 cm³/mol. The third kappa shape index (κ3) is 5.15. The van der Waals surface area contributed by atoms with Crippen molar-refractivity contribution in [2.45, 2.75) is 32.7 Å². The second-order valence-corrected chi connectivity index (χ2v) is 4.85. The summed E-state index contributed by atoms with van der Waals surface area (Å²) >= 11 is 0. The van der Waals surface area contributed by atoms with Crippen molar-refractivity contribution in [1.29, 1.82) is 0 Å². The van der Waals surface area contributed by atoms with Crippen LogP contribution in [0.1, 0.15) is 25.8 Å². The van der Waals surface area contributed by atoms with Crippen molar-refractivity contribution < 1.29 is 9.13 Å². The highest BCUT2D eigenvalue weighted by atomic mass is 19.1. The molecule has 3 heteroatoms. The Bertz CT molecular complexity index is 343. The molecule has 0 spiro atoms. The van der Waals surface area contributed by atoms with Crippen LogP contribution < -0.4 is 5.32 Å². The SMILES string of the molecule is CCNC(Cc1ccccc1F)CC(C)COC. The van der Waals surface area contributed by atoms with Gasteiger partial charge in [0.25, 0.3) is 0 Å². The van der Waals surface area contributed by atoms with E-state index < -0.39 is 0 Å². The van der Waals surface area contributed by atoms with Crippen LogP contribution in [0.3, 0.4) is 0 Å². The van der Waals surface area contributed by atoms with Crippen molar-refractivity contribution >= 4 is 0 Å². The zero-order valence-corrected chi connectivity index (χ0v) is 11.6. The molecule has 0 aromatic heterocycles. The largest absolute Gasteiger partial charge is 0.384 e. The molecular weight excluding hydrogens is 229 g/mol. The number of ether oxygens (including phenoxy) is 1. The molecule has 0 heterocycles. The van der Waals surface area contributed by atoms with E-state index in [-0.39, 0.29) is 5.82 Å². The fourth-order valence-corrected chi connectivity index (χ4v) is 2.30. The molecule has 1 rings (SSSR count). The number of hydrogen-bond donors (Lipinski definition) is 1. The summed E-state index contributed by atoms with van der Waals surface area (Å²) in [5.74, 6) is 0.366. The van der Waals surface area contributed by atoms with Crippen molar-refractivity contribution in [3.8, 4) is 0 Å². The Labute approximate surface area is 110 Å². The summed E-state index contributed by atoms with van der Waals surface area (Å²) in [4.78, 5) is 0. The molecule has 1 aromatic rings. The van der Waals surface area contributed by atoms with Gasteiger partial charge in [-0.1, -0.05) is 32.0 Å². The first kappa shape index (κ1) is 15.1. The maximum Gasteiger partial charge on any atom is 0.126 e. The van der Waals surface area contributed by atoms with E-state index >= 15 is 0 Å². The second-order valence-electron chi connectivity index (χ2n) is 4.85. The summed E-state index contributed by atoms with van der Waals surface area (Å²) in [7, 11) is 1.72. The molecule has 0 fully saturated rings. The Balaban J connectivity index is 2.59. The first-order chi connectivity index (χ1) is 8.67. The van der Waals surface area contributed by atoms with Crippen molar-refractivity contribution in [1.82, 2.24) is 5.32 Å². The first-order valence-electron chi connectivity index (χ1n) is 6.63. The summed E-state index contributed by atoms with van der Waals surface area (Å²) < 4.78 is 18.8. The number of benzene rings is 1. The van der Waals surface area contributed by atoms with Crippen molar-refractivity contribution in [2.24, 2.45) is 5.92 Å². The van der Waals surface area contributed by atoms with E-state index in [1.165, 1.54) is 6.07 Å². The number of rotatable bonds is 8. The van der Waals surface area contributed by atoms with Crippen LogP contribution >= 0.6 is 0 Å². The number of likely N-dealkylation sites (N-methyl/N-ethyl adjacent to an activating group) is 1. The number of nitrogens with one attached hydrogen (secondary N) is 1. The average Bonchev–Trinajstić information content (AvgIpc) is 2.32. The topological polar surface area (TPSA) is 21.3 Å². The molecule has 2 atom stereocenters. The lowest BCUT2D eigenvalue weighted by molar-refractivity contribution is 0.149. The zero-order chi connectivity index (χ0) is 13.4. The molecule has 18 heavy (non-hydrogen) atoms. The van der Waals surface area contributed by atoms with Gasteiger partial charge in [0, 0.05) is 19.8 Å². The van der Waals surface area contributed by atoms with Gasteiger partial charge in [-0.05, 0) is 36.9 Å². The number of hydrogen-bond acceptors (Lipinski definition) is 2. The lowest BCUT2D eigenvalue weighted by Crippen LogP contribution is -2.33. The zero-order valence-electron chi connectivity index (χ0n) is 11.6. The Morgan fingerprint density at radius 1 is 1.33 bits per heavy atom. The van der Waals surface area contributed by atoms with Gasteiger partial charge >= 0.3 is 0 Å². The molecule has 2 nitrogen and oxygen atoms in total. The summed E-state index contributed by atoms with van der Waals surface area (Å²) in [6.07, 6.45) is 1.73. The molecule has 0 amide bonds. The first-order valence-corrected chi connectivity index (χ1v) is 6.63. The lowest BCUT2D eigenvalue weighted by Gasteiger charge is -2.21. The van der Waals surface area contributed by atoms with Crippen LogP contribution in [0.2, 0.25) is 0 Å². The van der Waals surface area contributed by atoms with E-state index in [1.54, 1.807) is 13.2 Å². The lowest BCUT2D eigenvalue weighted by atomic mass is 9.96. The molecule has 0 saturated carbocycles. The molecule has 102 valence electrons. The third-order valence-corrected chi connectivity index (χ3v) is 3.06. The summed E-state index contributed by atoms with van der Waals surface area (Å²) in [5.41, 5.74) is 0.785. The molecule has 0 saturated heterocycles. The summed E-state index contributed by atoms with van der Waals surface area (Å²) in [6.45, 7) is 5.89. The van der Waals surface area contributed by atoms with Gasteiger partial charge < -0.3 is 10.1 Å². The standard InChI is InChI=1S/C15H24FNO/c1-4-17-14(9-12(2)11-18-3)10-13-7-5-6-8-15(13)16/h5-8,12,14,17H,4,9-11H2,1-3H3. The van der Waals surface area contributed by atoms with Gasteiger partial charge in [-0.3, -0.25) is 0 Å². The van der Waals surface area contributed by atoms with Crippen molar-refractivity contribution in [3.05, 3.63) is 35.6 Å². The van der Waals surface area contributed by atoms with Gasteiger partial charge in [-0.15, -0.1) is 0 Å². The second kappa shape index (κ2) is 8.22. The van der Waals surface area contributed by atoms with Crippen LogP contribution in [0.5, 0.6) is 0 Å². The van der Waals surface area contributed by atoms with Crippen LogP contribution in [-0.4, -0.2) is 26.3 Å². The Kier molecular flexibility index (Phi) is 6.91. The fourth-order valence-electron chi connectivity index (χ4n) is 2.30. The van der Waals surface area contributed by atoms with E-state index in [9.17, 15) is 4.39 Å². The smallest absolute Gasteiger partial charge is 0.126 e. The van der Waals surface area contributed by atoms with Gasteiger partial charge in [-0.25, -0.2) is 4.39 Å². The quantitative estimate of drug-likeness (QED) is 0.769. The van der Waals surface area contributed by atoms with Gasteiger partial charge in [-0.2, -0.15) is 0 Å². The molecular formula is C15H24FNO. The molecule has 0 aliphatic heterocycles. The minimum absolute atomic E-state index is 0.111. The Morgan fingerprint density at radius 3 is 2.67 bits per heavy atom. The summed E-state index contributed by atoms with van der Waals surface area (Å²) in [6, 6.07) is 7.31. The third-order valence-electron chi connectivity index (χ3n) is 3.06. The van der Waals surface area contributed by atoms with Crippen molar-refractivity contribution in [3.63, 3.8) is 0 Å². The van der Waals surface area contributed by atoms with Crippen LogP contribution in [0.15, 0.2) is 24.3 Å². The highest BCUT2D eigenvalue weighted by Crippen LogP contribution is 2.14. The van der Waals surface area contributed by atoms with Crippen molar-refractivity contribution in [2.75, 3.05) is 20.3 Å². The highest BCUT2D eigenvalue weighted by Gasteiger charge is 2.14.